The molecule has 20 heavy (non-hydrogen) atoms. The first-order valence-electron chi connectivity index (χ1n) is 6.38. The van der Waals surface area contributed by atoms with Crippen molar-refractivity contribution >= 4 is 11.9 Å². The molecule has 0 saturated heterocycles. The van der Waals surface area contributed by atoms with Gasteiger partial charge in [0.1, 0.15) is 5.82 Å². The van der Waals surface area contributed by atoms with Gasteiger partial charge in [-0.1, -0.05) is 18.2 Å². The van der Waals surface area contributed by atoms with Gasteiger partial charge in [-0.2, -0.15) is 0 Å². The molecule has 0 heterocycles. The Morgan fingerprint density at radius 2 is 2.00 bits per heavy atom. The average molecular weight is 279 g/mol. The zero-order valence-corrected chi connectivity index (χ0v) is 11.6. The number of carbonyl (C=O) groups is 2. The van der Waals surface area contributed by atoms with Crippen LogP contribution in [0.4, 0.5) is 4.39 Å². The van der Waals surface area contributed by atoms with Gasteiger partial charge in [0.15, 0.2) is 6.10 Å². The monoisotopic (exact) mass is 279 g/mol. The summed E-state index contributed by atoms with van der Waals surface area (Å²) in [7, 11) is 0. The highest BCUT2D eigenvalue weighted by atomic mass is 19.1. The molecule has 4 nitrogen and oxygen atoms in total. The van der Waals surface area contributed by atoms with Gasteiger partial charge in [0.2, 0.25) is 0 Å². The number of halogens is 1. The molecule has 0 spiro atoms. The first-order chi connectivity index (χ1) is 9.52. The first-order valence-corrected chi connectivity index (χ1v) is 6.38. The van der Waals surface area contributed by atoms with Gasteiger partial charge in [-0.25, -0.2) is 9.18 Å². The summed E-state index contributed by atoms with van der Waals surface area (Å²) in [5.41, 5.74) is 0.922. The molecule has 5 heteroatoms. The number of hydrogen-bond acceptors (Lipinski definition) is 3. The summed E-state index contributed by atoms with van der Waals surface area (Å²) < 4.78 is 17.6. The van der Waals surface area contributed by atoms with E-state index in [-0.39, 0.29) is 11.7 Å². The third kappa shape index (κ3) is 5.65. The van der Waals surface area contributed by atoms with Gasteiger partial charge in [0.05, 0.1) is 0 Å². The maximum Gasteiger partial charge on any atom is 0.331 e. The van der Waals surface area contributed by atoms with Crippen LogP contribution in [0.3, 0.4) is 0 Å². The number of ether oxygens (including phenoxy) is 1. The van der Waals surface area contributed by atoms with Crippen molar-refractivity contribution in [1.29, 1.82) is 0 Å². The Hall–Kier alpha value is -2.17. The quantitative estimate of drug-likeness (QED) is 0.640. The standard InChI is InChI=1S/C15H18FNO3/c1-3-4-14(18)20-11(2)15(19)17-10-9-12-5-7-13(16)8-6-12/h3-8,11H,9-10H2,1-2H3,(H,17,19)/b4-3-/t11-/m1/s1. The normalized spacial score (nSPS) is 12.2. The molecule has 0 aliphatic rings. The van der Waals surface area contributed by atoms with Crippen molar-refractivity contribution in [3.63, 3.8) is 0 Å². The number of nitrogens with one attached hydrogen (secondary N) is 1. The lowest BCUT2D eigenvalue weighted by atomic mass is 10.1. The van der Waals surface area contributed by atoms with Gasteiger partial charge < -0.3 is 10.1 Å². The second-order valence-electron chi connectivity index (χ2n) is 4.25. The molecule has 1 atom stereocenters. The van der Waals surface area contributed by atoms with E-state index in [9.17, 15) is 14.0 Å². The number of hydrogen-bond donors (Lipinski definition) is 1. The number of amides is 1. The van der Waals surface area contributed by atoms with Crippen molar-refractivity contribution in [1.82, 2.24) is 5.32 Å². The molecule has 0 saturated carbocycles. The Bertz CT molecular complexity index is 482. The maximum atomic E-state index is 12.7. The van der Waals surface area contributed by atoms with Crippen LogP contribution in [0, 0.1) is 5.82 Å². The van der Waals surface area contributed by atoms with Gasteiger partial charge in [0.25, 0.3) is 5.91 Å². The van der Waals surface area contributed by atoms with E-state index in [1.54, 1.807) is 25.1 Å². The summed E-state index contributed by atoms with van der Waals surface area (Å²) in [5, 5.41) is 2.66. The number of benzene rings is 1. The van der Waals surface area contributed by atoms with Crippen molar-refractivity contribution < 1.29 is 18.7 Å². The lowest BCUT2D eigenvalue weighted by molar-refractivity contribution is -0.150. The van der Waals surface area contributed by atoms with Crippen LogP contribution in [0.1, 0.15) is 19.4 Å². The van der Waals surface area contributed by atoms with Crippen molar-refractivity contribution in [2.45, 2.75) is 26.4 Å². The van der Waals surface area contributed by atoms with E-state index in [2.05, 4.69) is 5.32 Å². The van der Waals surface area contributed by atoms with Crippen molar-refractivity contribution in [3.05, 3.63) is 47.8 Å². The number of allylic oxidation sites excluding steroid dienone is 1. The van der Waals surface area contributed by atoms with Crippen LogP contribution in [-0.2, 0) is 20.7 Å². The van der Waals surface area contributed by atoms with E-state index in [4.69, 9.17) is 4.74 Å². The van der Waals surface area contributed by atoms with Gasteiger partial charge in [-0.05, 0) is 38.0 Å². The third-order valence-corrected chi connectivity index (χ3v) is 2.59. The van der Waals surface area contributed by atoms with Gasteiger partial charge in [-0.15, -0.1) is 0 Å². The van der Waals surface area contributed by atoms with E-state index in [0.717, 1.165) is 5.56 Å². The SMILES string of the molecule is C/C=C\C(=O)O[C@H](C)C(=O)NCCc1ccc(F)cc1. The Morgan fingerprint density at radius 1 is 1.35 bits per heavy atom. The van der Waals surface area contributed by atoms with Crippen LogP contribution in [0.25, 0.3) is 0 Å². The molecule has 1 N–H and O–H groups in total. The number of esters is 1. The van der Waals surface area contributed by atoms with Crippen LogP contribution in [-0.4, -0.2) is 24.5 Å². The fraction of sp³-hybridized carbons (Fsp3) is 0.333. The summed E-state index contributed by atoms with van der Waals surface area (Å²) in [6.07, 6.45) is 2.54. The van der Waals surface area contributed by atoms with Crippen LogP contribution in [0.15, 0.2) is 36.4 Å². The highest BCUT2D eigenvalue weighted by molar-refractivity contribution is 5.87. The number of carbonyl (C=O) groups excluding carboxylic acids is 2. The average Bonchev–Trinajstić information content (AvgIpc) is 2.41. The van der Waals surface area contributed by atoms with Gasteiger partial charge in [-0.3, -0.25) is 4.79 Å². The Balaban J connectivity index is 2.32. The molecule has 0 unspecified atom stereocenters. The molecule has 0 radical (unpaired) electrons. The molecular formula is C15H18FNO3. The Labute approximate surface area is 117 Å². The molecule has 1 aromatic rings. The molecule has 0 aromatic heterocycles. The zero-order chi connectivity index (χ0) is 15.0. The molecule has 0 aliphatic heterocycles. The smallest absolute Gasteiger partial charge is 0.331 e. The fourth-order valence-corrected chi connectivity index (χ4v) is 1.53. The highest BCUT2D eigenvalue weighted by Gasteiger charge is 2.15. The molecule has 0 bridgehead atoms. The minimum absolute atomic E-state index is 0.290. The lowest BCUT2D eigenvalue weighted by Crippen LogP contribution is -2.36. The topological polar surface area (TPSA) is 55.4 Å². The zero-order valence-electron chi connectivity index (χ0n) is 11.6. The Kier molecular flexibility index (Phi) is 6.43. The fourth-order valence-electron chi connectivity index (χ4n) is 1.53. The van der Waals surface area contributed by atoms with Crippen LogP contribution < -0.4 is 5.32 Å². The molecule has 1 rings (SSSR count). The second kappa shape index (κ2) is 8.09. The predicted molar refractivity (Wildman–Crippen MR) is 73.5 cm³/mol. The summed E-state index contributed by atoms with van der Waals surface area (Å²) in [6, 6.07) is 6.07. The van der Waals surface area contributed by atoms with E-state index in [0.29, 0.717) is 13.0 Å². The van der Waals surface area contributed by atoms with Crippen LogP contribution in [0.5, 0.6) is 0 Å². The van der Waals surface area contributed by atoms with Gasteiger partial charge >= 0.3 is 5.97 Å². The summed E-state index contributed by atoms with van der Waals surface area (Å²) in [6.45, 7) is 3.60. The van der Waals surface area contributed by atoms with Crippen LogP contribution >= 0.6 is 0 Å². The largest absolute Gasteiger partial charge is 0.449 e. The van der Waals surface area contributed by atoms with Crippen LogP contribution in [0.2, 0.25) is 0 Å². The molecular weight excluding hydrogens is 261 g/mol. The molecule has 0 fully saturated rings. The van der Waals surface area contributed by atoms with E-state index >= 15 is 0 Å². The predicted octanol–water partition coefficient (Wildman–Crippen LogP) is 1.99. The molecule has 1 aromatic carbocycles. The number of rotatable bonds is 6. The summed E-state index contributed by atoms with van der Waals surface area (Å²) >= 11 is 0. The molecule has 108 valence electrons. The van der Waals surface area contributed by atoms with E-state index in [1.807, 2.05) is 0 Å². The molecule has 0 aliphatic carbocycles. The van der Waals surface area contributed by atoms with E-state index in [1.165, 1.54) is 25.1 Å². The van der Waals surface area contributed by atoms with Gasteiger partial charge in [0, 0.05) is 12.6 Å². The summed E-state index contributed by atoms with van der Waals surface area (Å²) in [5.74, 6) is -1.19. The van der Waals surface area contributed by atoms with Crippen molar-refractivity contribution in [2.75, 3.05) is 6.54 Å². The maximum absolute atomic E-state index is 12.7. The van der Waals surface area contributed by atoms with Crippen molar-refractivity contribution in [2.24, 2.45) is 0 Å². The minimum atomic E-state index is -0.841. The minimum Gasteiger partial charge on any atom is -0.449 e. The summed E-state index contributed by atoms with van der Waals surface area (Å²) in [4.78, 5) is 22.8. The highest BCUT2D eigenvalue weighted by Crippen LogP contribution is 2.03. The van der Waals surface area contributed by atoms with Crippen molar-refractivity contribution in [3.8, 4) is 0 Å². The third-order valence-electron chi connectivity index (χ3n) is 2.59. The molecule has 1 amide bonds. The Morgan fingerprint density at radius 3 is 2.60 bits per heavy atom. The van der Waals surface area contributed by atoms with E-state index < -0.39 is 12.1 Å². The first kappa shape index (κ1) is 15.9. The lowest BCUT2D eigenvalue weighted by Gasteiger charge is -2.12. The second-order valence-corrected chi connectivity index (χ2v) is 4.25.